The molecule has 2 radical (unpaired) electrons. The Morgan fingerprint density at radius 2 is 1.21 bits per heavy atom. The second-order valence-electron chi connectivity index (χ2n) is 9.68. The molecular weight excluding hydrogens is 475 g/mol. The average Bonchev–Trinajstić information content (AvgIpc) is 3.53. The van der Waals surface area contributed by atoms with E-state index < -0.39 is 9.52 Å². The fraction of sp³-hybridized carbons (Fsp3) is 0.147. The van der Waals surface area contributed by atoms with Crippen molar-refractivity contribution in [2.75, 3.05) is 0 Å². The first-order valence-electron chi connectivity index (χ1n) is 13.2. The Morgan fingerprint density at radius 1 is 0.763 bits per heavy atom. The SMILES string of the molecule is CC(C)=CC[SiH2]C(c1ccccc1)(c1ccccc1)n1ccnc1.[B]C(c1ccccc1)c1ccccc1. The third-order valence-corrected chi connectivity index (χ3v) is 9.31. The number of nitrogens with zero attached hydrogens (tertiary/aromatic N) is 2. The molecule has 0 fully saturated rings. The van der Waals surface area contributed by atoms with Crippen LogP contribution in [0.15, 0.2) is 152 Å². The molecule has 0 amide bonds. The van der Waals surface area contributed by atoms with Crippen LogP contribution in [0, 0.1) is 0 Å². The molecule has 5 rings (SSSR count). The van der Waals surface area contributed by atoms with Gasteiger partial charge in [0.15, 0.2) is 0 Å². The molecule has 0 N–H and O–H groups in total. The van der Waals surface area contributed by atoms with Crippen LogP contribution in [0.1, 0.15) is 41.9 Å². The van der Waals surface area contributed by atoms with Gasteiger partial charge < -0.3 is 4.57 Å². The van der Waals surface area contributed by atoms with E-state index in [1.165, 1.54) is 16.7 Å². The van der Waals surface area contributed by atoms with Crippen molar-refractivity contribution in [3.8, 4) is 0 Å². The Bertz CT molecular complexity index is 1290. The van der Waals surface area contributed by atoms with Gasteiger partial charge in [0.05, 0.1) is 28.9 Å². The van der Waals surface area contributed by atoms with E-state index in [0.29, 0.717) is 0 Å². The van der Waals surface area contributed by atoms with Crippen LogP contribution in [-0.4, -0.2) is 26.9 Å². The molecular formula is C34H35BN2Si. The largest absolute Gasteiger partial charge is 0.327 e. The van der Waals surface area contributed by atoms with Crippen LogP contribution in [0.25, 0.3) is 0 Å². The number of benzene rings is 4. The molecule has 4 aromatic carbocycles. The maximum Gasteiger partial charge on any atom is 0.0953 e. The summed E-state index contributed by atoms with van der Waals surface area (Å²) in [5.41, 5.74) is 6.40. The summed E-state index contributed by atoms with van der Waals surface area (Å²) in [6, 6.07) is 43.2. The third kappa shape index (κ3) is 6.70. The van der Waals surface area contributed by atoms with Crippen molar-refractivity contribution < 1.29 is 0 Å². The Balaban J connectivity index is 0.000000204. The number of hydrogen-bond donors (Lipinski definition) is 0. The first kappa shape index (κ1) is 27.2. The van der Waals surface area contributed by atoms with E-state index in [2.05, 4.69) is 121 Å². The van der Waals surface area contributed by atoms with Crippen LogP contribution in [0.4, 0.5) is 0 Å². The summed E-state index contributed by atoms with van der Waals surface area (Å²) in [6.45, 7) is 4.36. The molecule has 0 saturated carbocycles. The van der Waals surface area contributed by atoms with E-state index in [9.17, 15) is 0 Å². The molecule has 4 heteroatoms. The molecule has 0 atom stereocenters. The smallest absolute Gasteiger partial charge is 0.0953 e. The first-order valence-corrected chi connectivity index (χ1v) is 14.9. The Morgan fingerprint density at radius 3 is 1.61 bits per heavy atom. The maximum absolute atomic E-state index is 6.12. The standard InChI is InChI=1S/C21H24N2Si.C13H11B/c1-18(2)13-16-24-21(23-15-14-22-17-23,19-9-5-3-6-10-19)20-11-7-4-8-12-20;14-13(11-7-3-1-4-8-11)12-9-5-2-6-10-12/h3-15,17H,16,24H2,1-2H3;1-10,13H. The van der Waals surface area contributed by atoms with Crippen LogP contribution >= 0.6 is 0 Å². The van der Waals surface area contributed by atoms with Gasteiger partial charge in [0.25, 0.3) is 0 Å². The van der Waals surface area contributed by atoms with Gasteiger partial charge in [-0.25, -0.2) is 4.98 Å². The first-order chi connectivity index (χ1) is 18.6. The topological polar surface area (TPSA) is 17.8 Å². The molecule has 188 valence electrons. The van der Waals surface area contributed by atoms with Crippen LogP contribution in [-0.2, 0) is 5.16 Å². The summed E-state index contributed by atoms with van der Waals surface area (Å²) in [4.78, 5) is 4.35. The summed E-state index contributed by atoms with van der Waals surface area (Å²) in [5, 5.41) is -0.106. The highest BCUT2D eigenvalue weighted by molar-refractivity contribution is 6.42. The second kappa shape index (κ2) is 13.6. The van der Waals surface area contributed by atoms with E-state index in [0.717, 1.165) is 17.2 Å². The molecule has 2 nitrogen and oxygen atoms in total. The summed E-state index contributed by atoms with van der Waals surface area (Å²) >= 11 is 0. The predicted octanol–water partition coefficient (Wildman–Crippen LogP) is 7.13. The predicted molar refractivity (Wildman–Crippen MR) is 165 cm³/mol. The molecule has 0 aliphatic rings. The highest BCUT2D eigenvalue weighted by atomic mass is 28.2. The Labute approximate surface area is 231 Å². The molecule has 0 spiro atoms. The lowest BCUT2D eigenvalue weighted by molar-refractivity contribution is 0.592. The molecule has 0 aliphatic heterocycles. The minimum Gasteiger partial charge on any atom is -0.327 e. The molecule has 1 heterocycles. The van der Waals surface area contributed by atoms with Gasteiger partial charge in [-0.3, -0.25) is 0 Å². The van der Waals surface area contributed by atoms with Crippen molar-refractivity contribution in [2.45, 2.75) is 30.9 Å². The van der Waals surface area contributed by atoms with E-state index >= 15 is 0 Å². The summed E-state index contributed by atoms with van der Waals surface area (Å²) in [6.07, 6.45) is 8.34. The lowest BCUT2D eigenvalue weighted by Gasteiger charge is -2.36. The summed E-state index contributed by atoms with van der Waals surface area (Å²) in [5.74, 6) is -0.0163. The van der Waals surface area contributed by atoms with Crippen molar-refractivity contribution in [3.05, 3.63) is 174 Å². The van der Waals surface area contributed by atoms with E-state index in [1.54, 1.807) is 0 Å². The van der Waals surface area contributed by atoms with E-state index in [1.807, 2.05) is 48.9 Å². The van der Waals surface area contributed by atoms with Crippen LogP contribution < -0.4 is 0 Å². The molecule has 0 saturated heterocycles. The van der Waals surface area contributed by atoms with E-state index in [-0.39, 0.29) is 11.0 Å². The van der Waals surface area contributed by atoms with Crippen molar-refractivity contribution in [1.29, 1.82) is 0 Å². The summed E-state index contributed by atoms with van der Waals surface area (Å²) in [7, 11) is 5.57. The monoisotopic (exact) mass is 510 g/mol. The molecule has 5 aromatic rings. The van der Waals surface area contributed by atoms with E-state index in [4.69, 9.17) is 7.85 Å². The zero-order valence-corrected chi connectivity index (χ0v) is 23.7. The second-order valence-corrected chi connectivity index (χ2v) is 11.8. The van der Waals surface area contributed by atoms with Crippen molar-refractivity contribution >= 4 is 17.4 Å². The van der Waals surface area contributed by atoms with Gasteiger partial charge in [-0.05, 0) is 48.0 Å². The van der Waals surface area contributed by atoms with Gasteiger partial charge >= 0.3 is 0 Å². The Hall–Kier alpha value is -3.89. The number of imidazole rings is 1. The highest BCUT2D eigenvalue weighted by Gasteiger charge is 2.35. The quantitative estimate of drug-likeness (QED) is 0.160. The van der Waals surface area contributed by atoms with Crippen LogP contribution in [0.3, 0.4) is 0 Å². The molecule has 0 bridgehead atoms. The molecule has 0 unspecified atom stereocenters. The number of hydrogen-bond acceptors (Lipinski definition) is 1. The maximum atomic E-state index is 6.12. The van der Waals surface area contributed by atoms with Gasteiger partial charge in [-0.1, -0.05) is 133 Å². The lowest BCUT2D eigenvalue weighted by atomic mass is 9.76. The van der Waals surface area contributed by atoms with Gasteiger partial charge in [0, 0.05) is 12.4 Å². The van der Waals surface area contributed by atoms with Gasteiger partial charge in [0.1, 0.15) is 0 Å². The van der Waals surface area contributed by atoms with Gasteiger partial charge in [-0.15, -0.1) is 0 Å². The Kier molecular flexibility index (Phi) is 9.72. The highest BCUT2D eigenvalue weighted by Crippen LogP contribution is 2.34. The van der Waals surface area contributed by atoms with Crippen molar-refractivity contribution in [1.82, 2.24) is 9.55 Å². The number of rotatable bonds is 8. The minimum atomic E-state index is -0.543. The van der Waals surface area contributed by atoms with Crippen LogP contribution in [0.2, 0.25) is 6.04 Å². The van der Waals surface area contributed by atoms with Gasteiger partial charge in [-0.2, -0.15) is 0 Å². The number of allylic oxidation sites excluding steroid dienone is 2. The molecule has 0 aliphatic carbocycles. The lowest BCUT2D eigenvalue weighted by Crippen LogP contribution is -2.41. The minimum absolute atomic E-state index is 0.0163. The molecule has 1 aromatic heterocycles. The fourth-order valence-corrected chi connectivity index (χ4v) is 7.51. The van der Waals surface area contributed by atoms with Gasteiger partial charge in [0.2, 0.25) is 0 Å². The molecule has 38 heavy (non-hydrogen) atoms. The zero-order chi connectivity index (χ0) is 26.6. The number of aromatic nitrogens is 2. The van der Waals surface area contributed by atoms with Crippen molar-refractivity contribution in [2.24, 2.45) is 0 Å². The average molecular weight is 511 g/mol. The third-order valence-electron chi connectivity index (χ3n) is 6.82. The van der Waals surface area contributed by atoms with Crippen molar-refractivity contribution in [3.63, 3.8) is 0 Å². The zero-order valence-electron chi connectivity index (χ0n) is 22.3. The summed E-state index contributed by atoms with van der Waals surface area (Å²) < 4.78 is 2.31. The van der Waals surface area contributed by atoms with Crippen LogP contribution in [0.5, 0.6) is 0 Å². The normalized spacial score (nSPS) is 11.2. The fourth-order valence-electron chi connectivity index (χ4n) is 4.88.